The molecular formula is C16H12ClN3O3S2. The van der Waals surface area contributed by atoms with Gasteiger partial charge in [0.1, 0.15) is 23.6 Å². The Labute approximate surface area is 156 Å². The highest BCUT2D eigenvalue weighted by molar-refractivity contribution is 7.15. The van der Waals surface area contributed by atoms with E-state index in [4.69, 9.17) is 21.2 Å². The number of aliphatic imine (C=N–C) groups is 1. The van der Waals surface area contributed by atoms with Gasteiger partial charge in [0.25, 0.3) is 0 Å². The van der Waals surface area contributed by atoms with Gasteiger partial charge in [0.15, 0.2) is 4.47 Å². The number of benzene rings is 1. The Morgan fingerprint density at radius 2 is 2.16 bits per heavy atom. The summed E-state index contributed by atoms with van der Waals surface area (Å²) in [5.74, 6) is 0.258. The minimum absolute atomic E-state index is 0.410. The van der Waals surface area contributed by atoms with Gasteiger partial charge in [0, 0.05) is 6.20 Å². The molecule has 1 N–H and O–H groups in total. The van der Waals surface area contributed by atoms with Gasteiger partial charge < -0.3 is 9.57 Å². The summed E-state index contributed by atoms with van der Waals surface area (Å²) in [6, 6.07) is 10.6. The normalized spacial score (nSPS) is 10.8. The lowest BCUT2D eigenvalue weighted by molar-refractivity contribution is 0.0401. The summed E-state index contributed by atoms with van der Waals surface area (Å²) in [7, 11) is 0. The van der Waals surface area contributed by atoms with Crippen LogP contribution in [0.15, 0.2) is 53.0 Å². The molecule has 2 heterocycles. The summed E-state index contributed by atoms with van der Waals surface area (Å²) in [5.41, 5.74) is 3.09. The molecule has 0 aliphatic heterocycles. The monoisotopic (exact) mass is 393 g/mol. The van der Waals surface area contributed by atoms with Crippen molar-refractivity contribution in [2.24, 2.45) is 4.99 Å². The van der Waals surface area contributed by atoms with Crippen molar-refractivity contribution in [3.05, 3.63) is 62.2 Å². The van der Waals surface area contributed by atoms with Crippen LogP contribution in [0.1, 0.15) is 14.5 Å². The topological polar surface area (TPSA) is 72.8 Å². The van der Waals surface area contributed by atoms with E-state index in [0.717, 1.165) is 4.88 Å². The molecule has 0 saturated heterocycles. The second-order valence-electron chi connectivity index (χ2n) is 4.60. The maximum atomic E-state index is 11.6. The van der Waals surface area contributed by atoms with Crippen molar-refractivity contribution in [1.82, 2.24) is 10.5 Å². The van der Waals surface area contributed by atoms with E-state index in [2.05, 4.69) is 15.5 Å². The maximum absolute atomic E-state index is 11.6. The molecule has 0 atom stereocenters. The Hall–Kier alpha value is -2.42. The Balaban J connectivity index is 1.44. The van der Waals surface area contributed by atoms with Crippen LogP contribution < -0.4 is 10.2 Å². The Bertz CT molecular complexity index is 848. The number of nitrogens with zero attached hydrogens (tertiary/aromatic N) is 2. The fourth-order valence-electron chi connectivity index (χ4n) is 1.76. The fourth-order valence-corrected chi connectivity index (χ4v) is 3.25. The summed E-state index contributed by atoms with van der Waals surface area (Å²) < 4.78 is 6.13. The zero-order chi connectivity index (χ0) is 17.5. The van der Waals surface area contributed by atoms with Gasteiger partial charge in [-0.15, -0.1) is 22.7 Å². The van der Waals surface area contributed by atoms with E-state index in [1.165, 1.54) is 29.0 Å². The van der Waals surface area contributed by atoms with Crippen LogP contribution in [0.2, 0.25) is 4.47 Å². The van der Waals surface area contributed by atoms with Crippen molar-refractivity contribution in [2.75, 3.05) is 0 Å². The van der Waals surface area contributed by atoms with Crippen LogP contribution in [-0.2, 0) is 11.4 Å². The number of carbonyl (C=O) groups is 1. The summed E-state index contributed by atoms with van der Waals surface area (Å²) >= 11 is 8.46. The van der Waals surface area contributed by atoms with Gasteiger partial charge in [0.05, 0.1) is 10.6 Å². The van der Waals surface area contributed by atoms with E-state index < -0.39 is 5.97 Å². The summed E-state index contributed by atoms with van der Waals surface area (Å²) in [4.78, 5) is 26.0. The highest BCUT2D eigenvalue weighted by Gasteiger charge is 2.06. The minimum Gasteiger partial charge on any atom is -0.488 e. The van der Waals surface area contributed by atoms with Crippen LogP contribution in [0.5, 0.6) is 5.75 Å². The van der Waals surface area contributed by atoms with Gasteiger partial charge in [-0.3, -0.25) is 0 Å². The van der Waals surface area contributed by atoms with E-state index in [-0.39, 0.29) is 0 Å². The number of hydrogen-bond donors (Lipinski definition) is 1. The van der Waals surface area contributed by atoms with Gasteiger partial charge in [-0.2, -0.15) is 0 Å². The number of thiophene rings is 1. The minimum atomic E-state index is -0.451. The first-order valence-corrected chi connectivity index (χ1v) is 9.14. The van der Waals surface area contributed by atoms with Gasteiger partial charge in [-0.1, -0.05) is 17.7 Å². The zero-order valence-corrected chi connectivity index (χ0v) is 15.1. The molecule has 3 aromatic rings. The molecular weight excluding hydrogens is 382 g/mol. The first-order valence-electron chi connectivity index (χ1n) is 7.06. The number of hydroxylamine groups is 1. The molecule has 2 aromatic heterocycles. The van der Waals surface area contributed by atoms with Gasteiger partial charge in [-0.05, 0) is 35.7 Å². The second kappa shape index (κ2) is 8.61. The average Bonchev–Trinajstić information content (AvgIpc) is 3.29. The first-order chi connectivity index (χ1) is 12.2. The highest BCUT2D eigenvalue weighted by Crippen LogP contribution is 2.22. The largest absolute Gasteiger partial charge is 0.488 e. The number of nitrogens with one attached hydrogen (secondary N) is 1. The lowest BCUT2D eigenvalue weighted by Crippen LogP contribution is -2.17. The summed E-state index contributed by atoms with van der Waals surface area (Å²) in [6.07, 6.45) is 3.00. The third kappa shape index (κ3) is 5.28. The number of halogens is 1. The predicted octanol–water partition coefficient (Wildman–Crippen LogP) is 4.46. The number of thiazole rings is 1. The zero-order valence-electron chi connectivity index (χ0n) is 12.7. The number of hydrogen-bond acceptors (Lipinski definition) is 7. The van der Waals surface area contributed by atoms with E-state index in [1.807, 2.05) is 0 Å². The molecule has 0 spiro atoms. The molecule has 6 nitrogen and oxygen atoms in total. The average molecular weight is 394 g/mol. The van der Waals surface area contributed by atoms with Crippen molar-refractivity contribution >= 4 is 52.3 Å². The first kappa shape index (κ1) is 17.4. The number of aromatic nitrogens is 1. The molecule has 0 unspecified atom stereocenters. The predicted molar refractivity (Wildman–Crippen MR) is 98.9 cm³/mol. The summed E-state index contributed by atoms with van der Waals surface area (Å²) in [5, 5.41) is 1.80. The molecule has 0 aliphatic rings. The van der Waals surface area contributed by atoms with E-state index in [0.29, 0.717) is 27.4 Å². The molecule has 0 saturated carbocycles. The quantitative estimate of drug-likeness (QED) is 0.364. The molecule has 9 heteroatoms. The van der Waals surface area contributed by atoms with Crippen molar-refractivity contribution in [2.45, 2.75) is 6.61 Å². The molecule has 0 aliphatic carbocycles. The molecule has 1 aromatic carbocycles. The van der Waals surface area contributed by atoms with E-state index in [9.17, 15) is 4.79 Å². The maximum Gasteiger partial charge on any atom is 0.372 e. The molecule has 0 radical (unpaired) electrons. The smallest absolute Gasteiger partial charge is 0.372 e. The van der Waals surface area contributed by atoms with Crippen LogP contribution in [0.4, 0.5) is 5.69 Å². The van der Waals surface area contributed by atoms with Crippen LogP contribution >= 0.6 is 34.3 Å². The van der Waals surface area contributed by atoms with E-state index in [1.54, 1.807) is 48.0 Å². The Morgan fingerprint density at radius 3 is 2.84 bits per heavy atom. The molecule has 0 amide bonds. The highest BCUT2D eigenvalue weighted by atomic mass is 35.5. The van der Waals surface area contributed by atoms with E-state index >= 15 is 0 Å². The van der Waals surface area contributed by atoms with Crippen molar-refractivity contribution < 1.29 is 14.4 Å². The molecule has 128 valence electrons. The van der Waals surface area contributed by atoms with Gasteiger partial charge >= 0.3 is 5.97 Å². The van der Waals surface area contributed by atoms with Crippen LogP contribution in [-0.4, -0.2) is 17.3 Å². The van der Waals surface area contributed by atoms with Gasteiger partial charge in [0.2, 0.25) is 0 Å². The molecule has 25 heavy (non-hydrogen) atoms. The summed E-state index contributed by atoms with van der Waals surface area (Å²) in [6.45, 7) is 0.410. The number of rotatable bonds is 7. The van der Waals surface area contributed by atoms with Crippen molar-refractivity contribution in [1.29, 1.82) is 0 Å². The van der Waals surface area contributed by atoms with Crippen LogP contribution in [0, 0.1) is 0 Å². The molecule has 3 rings (SSSR count). The number of carbonyl (C=O) groups excluding carboxylic acids is 1. The standard InChI is InChI=1S/C16H12ClN3O3S2/c17-16-18-8-13(25-16)9-22-12-5-3-11(4-6-12)19-10-20-23-15(21)14-2-1-7-24-14/h1-8,10H,9H2,(H,19,20). The van der Waals surface area contributed by atoms with Crippen LogP contribution in [0.25, 0.3) is 0 Å². The lowest BCUT2D eigenvalue weighted by atomic mass is 10.3. The Morgan fingerprint density at radius 1 is 1.32 bits per heavy atom. The molecule has 0 bridgehead atoms. The third-order valence-corrected chi connectivity index (χ3v) is 4.82. The SMILES string of the molecule is O=C(ONC=Nc1ccc(OCc2cnc(Cl)s2)cc1)c1cccs1. The van der Waals surface area contributed by atoms with Crippen molar-refractivity contribution in [3.8, 4) is 5.75 Å². The Kier molecular flexibility index (Phi) is 5.99. The van der Waals surface area contributed by atoms with Crippen LogP contribution in [0.3, 0.4) is 0 Å². The van der Waals surface area contributed by atoms with Crippen molar-refractivity contribution in [3.63, 3.8) is 0 Å². The molecule has 0 fully saturated rings. The van der Waals surface area contributed by atoms with Gasteiger partial charge in [-0.25, -0.2) is 20.3 Å². The third-order valence-electron chi connectivity index (χ3n) is 2.88. The fraction of sp³-hybridized carbons (Fsp3) is 0.0625. The number of ether oxygens (including phenoxy) is 1. The second-order valence-corrected chi connectivity index (χ2v) is 7.25. The lowest BCUT2D eigenvalue weighted by Gasteiger charge is -2.04.